The van der Waals surface area contributed by atoms with Crippen molar-refractivity contribution in [3.63, 3.8) is 0 Å². The second-order valence-electron chi connectivity index (χ2n) is 2.66. The summed E-state index contributed by atoms with van der Waals surface area (Å²) in [5, 5.41) is 8.72. The summed E-state index contributed by atoms with van der Waals surface area (Å²) in [6.45, 7) is 1.24. The Bertz CT molecular complexity index is 299. The van der Waals surface area contributed by atoms with Gasteiger partial charge in [-0.25, -0.2) is 4.79 Å². The molecule has 0 radical (unpaired) electrons. The van der Waals surface area contributed by atoms with Gasteiger partial charge in [-0.3, -0.25) is 4.79 Å². The molecule has 0 aliphatic heterocycles. The van der Waals surface area contributed by atoms with Crippen LogP contribution < -0.4 is 0 Å². The molecule has 1 rings (SSSR count). The molecule has 0 aromatic rings. The van der Waals surface area contributed by atoms with Crippen molar-refractivity contribution < 1.29 is 19.4 Å². The molecule has 0 saturated heterocycles. The van der Waals surface area contributed by atoms with Gasteiger partial charge in [-0.2, -0.15) is 0 Å². The van der Waals surface area contributed by atoms with Crippen molar-refractivity contribution in [2.24, 2.45) is 0 Å². The van der Waals surface area contributed by atoms with Crippen LogP contribution in [0.15, 0.2) is 23.5 Å². The molecule has 0 aromatic carbocycles. The van der Waals surface area contributed by atoms with E-state index in [2.05, 4.69) is 0 Å². The molecular formula is C9H10O4. The van der Waals surface area contributed by atoms with Gasteiger partial charge in [0.05, 0.1) is 5.57 Å². The molecule has 0 saturated carbocycles. The predicted octanol–water partition coefficient (Wildman–Crippen LogP) is 1.24. The number of aliphatic carboxylic acids is 1. The van der Waals surface area contributed by atoms with Crippen LogP contribution in [0, 0.1) is 0 Å². The highest BCUT2D eigenvalue weighted by Crippen LogP contribution is 2.19. The van der Waals surface area contributed by atoms with E-state index in [9.17, 15) is 9.59 Å². The number of hydrogen-bond donors (Lipinski definition) is 1. The van der Waals surface area contributed by atoms with E-state index < -0.39 is 11.9 Å². The highest BCUT2D eigenvalue weighted by Gasteiger charge is 2.18. The zero-order valence-electron chi connectivity index (χ0n) is 7.24. The Balaban J connectivity index is 2.81. The van der Waals surface area contributed by atoms with Crippen LogP contribution in [0.1, 0.15) is 19.8 Å². The molecule has 1 N–H and O–H groups in total. The Labute approximate surface area is 75.5 Å². The van der Waals surface area contributed by atoms with Crippen LogP contribution in [0.25, 0.3) is 0 Å². The number of ether oxygens (including phenoxy) is 1. The summed E-state index contributed by atoms with van der Waals surface area (Å²) >= 11 is 0. The number of rotatable bonds is 2. The average molecular weight is 182 g/mol. The topological polar surface area (TPSA) is 63.6 Å². The fourth-order valence-electron chi connectivity index (χ4n) is 1.10. The molecule has 4 heteroatoms. The lowest BCUT2D eigenvalue weighted by Crippen LogP contribution is -2.11. The quantitative estimate of drug-likeness (QED) is 0.652. The number of carboxylic acids is 1. The molecule has 0 fully saturated rings. The van der Waals surface area contributed by atoms with Crippen LogP contribution in [0.4, 0.5) is 0 Å². The Morgan fingerprint density at radius 3 is 2.54 bits per heavy atom. The fourth-order valence-corrected chi connectivity index (χ4v) is 1.10. The van der Waals surface area contributed by atoms with E-state index in [0.717, 1.165) is 0 Å². The zero-order chi connectivity index (χ0) is 9.84. The van der Waals surface area contributed by atoms with Gasteiger partial charge in [0, 0.05) is 6.92 Å². The van der Waals surface area contributed by atoms with Gasteiger partial charge in [0.25, 0.3) is 0 Å². The van der Waals surface area contributed by atoms with E-state index >= 15 is 0 Å². The third-order valence-corrected chi connectivity index (χ3v) is 1.59. The molecule has 0 unspecified atom stereocenters. The van der Waals surface area contributed by atoms with E-state index in [1.807, 2.05) is 0 Å². The van der Waals surface area contributed by atoms with Gasteiger partial charge in [-0.05, 0) is 18.9 Å². The van der Waals surface area contributed by atoms with Gasteiger partial charge in [0.1, 0.15) is 5.76 Å². The van der Waals surface area contributed by atoms with E-state index in [0.29, 0.717) is 12.8 Å². The molecular weight excluding hydrogens is 172 g/mol. The van der Waals surface area contributed by atoms with Crippen molar-refractivity contribution in [1.29, 1.82) is 0 Å². The van der Waals surface area contributed by atoms with Gasteiger partial charge in [0.15, 0.2) is 0 Å². The largest absolute Gasteiger partial charge is 0.478 e. The SMILES string of the molecule is CC(=O)OC1=CCCC=C1C(=O)O. The Kier molecular flexibility index (Phi) is 2.84. The lowest BCUT2D eigenvalue weighted by molar-refractivity contribution is -0.137. The van der Waals surface area contributed by atoms with Crippen LogP contribution in [-0.2, 0) is 14.3 Å². The van der Waals surface area contributed by atoms with Crippen molar-refractivity contribution >= 4 is 11.9 Å². The normalized spacial score (nSPS) is 15.8. The van der Waals surface area contributed by atoms with Crippen LogP contribution in [0.3, 0.4) is 0 Å². The molecule has 0 aromatic heterocycles. The van der Waals surface area contributed by atoms with Gasteiger partial charge in [-0.1, -0.05) is 6.08 Å². The summed E-state index contributed by atoms with van der Waals surface area (Å²) in [6, 6.07) is 0. The second kappa shape index (κ2) is 3.89. The van der Waals surface area contributed by atoms with Crippen LogP contribution >= 0.6 is 0 Å². The third kappa shape index (κ3) is 2.43. The Hall–Kier alpha value is -1.58. The summed E-state index contributed by atoms with van der Waals surface area (Å²) in [5.74, 6) is -1.40. The predicted molar refractivity (Wildman–Crippen MR) is 44.8 cm³/mol. The molecule has 0 bridgehead atoms. The van der Waals surface area contributed by atoms with Crippen LogP contribution in [0.2, 0.25) is 0 Å². The molecule has 1 aliphatic rings. The van der Waals surface area contributed by atoms with Crippen molar-refractivity contribution in [3.05, 3.63) is 23.5 Å². The summed E-state index contributed by atoms with van der Waals surface area (Å²) in [5.41, 5.74) is 0.0708. The van der Waals surface area contributed by atoms with Gasteiger partial charge >= 0.3 is 11.9 Å². The maximum atomic E-state index is 10.6. The summed E-state index contributed by atoms with van der Waals surface area (Å²) in [7, 11) is 0. The summed E-state index contributed by atoms with van der Waals surface area (Å²) < 4.78 is 4.74. The molecule has 0 spiro atoms. The monoisotopic (exact) mass is 182 g/mol. The molecule has 0 atom stereocenters. The molecule has 1 aliphatic carbocycles. The first-order chi connectivity index (χ1) is 6.11. The molecule has 0 amide bonds. The van der Waals surface area contributed by atoms with Crippen molar-refractivity contribution in [3.8, 4) is 0 Å². The third-order valence-electron chi connectivity index (χ3n) is 1.59. The van der Waals surface area contributed by atoms with E-state index in [1.165, 1.54) is 6.92 Å². The maximum Gasteiger partial charge on any atom is 0.339 e. The molecule has 0 heterocycles. The van der Waals surface area contributed by atoms with E-state index in [1.54, 1.807) is 12.2 Å². The Morgan fingerprint density at radius 1 is 1.38 bits per heavy atom. The number of esters is 1. The van der Waals surface area contributed by atoms with E-state index in [4.69, 9.17) is 9.84 Å². The molecule has 13 heavy (non-hydrogen) atoms. The minimum atomic E-state index is -1.06. The first-order valence-electron chi connectivity index (χ1n) is 3.93. The van der Waals surface area contributed by atoms with Crippen molar-refractivity contribution in [2.45, 2.75) is 19.8 Å². The first kappa shape index (κ1) is 9.51. The standard InChI is InChI=1S/C9H10O4/c1-6(10)13-8-5-3-2-4-7(8)9(11)12/h4-5H,2-3H2,1H3,(H,11,12). The number of carbonyl (C=O) groups excluding carboxylic acids is 1. The van der Waals surface area contributed by atoms with Gasteiger partial charge in [0.2, 0.25) is 0 Å². The van der Waals surface area contributed by atoms with Crippen molar-refractivity contribution in [2.75, 3.05) is 0 Å². The molecule has 70 valence electrons. The smallest absolute Gasteiger partial charge is 0.339 e. The zero-order valence-corrected chi connectivity index (χ0v) is 7.24. The maximum absolute atomic E-state index is 10.6. The van der Waals surface area contributed by atoms with Crippen molar-refractivity contribution in [1.82, 2.24) is 0 Å². The summed E-state index contributed by atoms with van der Waals surface area (Å²) in [6.07, 6.45) is 4.55. The lowest BCUT2D eigenvalue weighted by Gasteiger charge is -2.11. The lowest BCUT2D eigenvalue weighted by atomic mass is 10.1. The second-order valence-corrected chi connectivity index (χ2v) is 2.66. The first-order valence-corrected chi connectivity index (χ1v) is 3.93. The van der Waals surface area contributed by atoms with E-state index in [-0.39, 0.29) is 11.3 Å². The van der Waals surface area contributed by atoms with Gasteiger partial charge in [-0.15, -0.1) is 0 Å². The van der Waals surface area contributed by atoms with Gasteiger partial charge < -0.3 is 9.84 Å². The molecule has 4 nitrogen and oxygen atoms in total. The van der Waals surface area contributed by atoms with Crippen LogP contribution in [-0.4, -0.2) is 17.0 Å². The van der Waals surface area contributed by atoms with Crippen LogP contribution in [0.5, 0.6) is 0 Å². The number of carbonyl (C=O) groups is 2. The highest BCUT2D eigenvalue weighted by molar-refractivity contribution is 5.92. The Morgan fingerprint density at radius 2 is 2.00 bits per heavy atom. The minimum Gasteiger partial charge on any atom is -0.478 e. The number of hydrogen-bond acceptors (Lipinski definition) is 3. The summed E-state index contributed by atoms with van der Waals surface area (Å²) in [4.78, 5) is 21.2. The number of carboxylic acid groups (broad SMARTS) is 1. The minimum absolute atomic E-state index is 0.0708. The highest BCUT2D eigenvalue weighted by atomic mass is 16.5. The average Bonchev–Trinajstić information content (AvgIpc) is 2.03. The number of allylic oxidation sites excluding steroid dienone is 2. The fraction of sp³-hybridized carbons (Fsp3) is 0.333.